The van der Waals surface area contributed by atoms with Crippen molar-refractivity contribution in [2.75, 3.05) is 20.1 Å². The number of halogens is 1. The highest BCUT2D eigenvalue weighted by Gasteiger charge is 2.19. The lowest BCUT2D eigenvalue weighted by atomic mass is 10.1. The summed E-state index contributed by atoms with van der Waals surface area (Å²) < 4.78 is 7.32. The summed E-state index contributed by atoms with van der Waals surface area (Å²) in [6.07, 6.45) is 4.40. The van der Waals surface area contributed by atoms with E-state index in [0.29, 0.717) is 13.1 Å². The van der Waals surface area contributed by atoms with Crippen LogP contribution in [0, 0.1) is 0 Å². The molecule has 1 aromatic carbocycles. The number of aromatic nitrogens is 2. The molecule has 0 aliphatic carbocycles. The Kier molecular flexibility index (Phi) is 12.1. The van der Waals surface area contributed by atoms with Crippen LogP contribution in [-0.4, -0.2) is 52.5 Å². The summed E-state index contributed by atoms with van der Waals surface area (Å²) in [6, 6.07) is 10.1. The third-order valence-corrected chi connectivity index (χ3v) is 4.33. The van der Waals surface area contributed by atoms with Crippen molar-refractivity contribution in [3.8, 4) is 0 Å². The van der Waals surface area contributed by atoms with Crippen LogP contribution in [0.15, 0.2) is 47.7 Å². The summed E-state index contributed by atoms with van der Waals surface area (Å²) >= 11 is 0. The Hall–Kier alpha value is -2.30. The molecule has 8 nitrogen and oxygen atoms in total. The van der Waals surface area contributed by atoms with E-state index in [1.165, 1.54) is 0 Å². The first-order chi connectivity index (χ1) is 14.8. The van der Waals surface area contributed by atoms with Gasteiger partial charge in [0.25, 0.3) is 0 Å². The van der Waals surface area contributed by atoms with Gasteiger partial charge in [0.15, 0.2) is 5.96 Å². The molecule has 2 N–H and O–H groups in total. The molecule has 0 aliphatic rings. The lowest BCUT2D eigenvalue weighted by molar-refractivity contribution is 0.0285. The number of benzene rings is 1. The molecular formula is C23H37IN6O2. The van der Waals surface area contributed by atoms with E-state index in [1.807, 2.05) is 62.0 Å². The van der Waals surface area contributed by atoms with Crippen molar-refractivity contribution in [2.24, 2.45) is 4.99 Å². The maximum atomic E-state index is 12.1. The maximum Gasteiger partial charge on any atom is 0.410 e. The average molecular weight is 556 g/mol. The molecule has 2 rings (SSSR count). The summed E-state index contributed by atoms with van der Waals surface area (Å²) in [5, 5.41) is 10.8. The summed E-state index contributed by atoms with van der Waals surface area (Å²) in [4.78, 5) is 18.4. The third-order valence-electron chi connectivity index (χ3n) is 4.33. The molecule has 9 heteroatoms. The zero-order valence-electron chi connectivity index (χ0n) is 19.8. The second-order valence-corrected chi connectivity index (χ2v) is 8.40. The number of nitrogens with zero attached hydrogens (tertiary/aromatic N) is 4. The van der Waals surface area contributed by atoms with Crippen LogP contribution < -0.4 is 10.6 Å². The highest BCUT2D eigenvalue weighted by atomic mass is 127. The van der Waals surface area contributed by atoms with Crippen molar-refractivity contribution in [1.29, 1.82) is 0 Å². The van der Waals surface area contributed by atoms with Crippen LogP contribution >= 0.6 is 24.0 Å². The Morgan fingerprint density at radius 2 is 1.88 bits per heavy atom. The molecule has 2 aromatic rings. The SMILES string of the molecule is CCNC(=NCc1ccc(CN(C)C(=O)OC(C)(C)C)cc1)NCCCn1cccn1.I. The van der Waals surface area contributed by atoms with Crippen LogP contribution in [0.5, 0.6) is 0 Å². The Bertz CT molecular complexity index is 816. The van der Waals surface area contributed by atoms with Crippen molar-refractivity contribution in [3.05, 3.63) is 53.9 Å². The number of hydrogen-bond acceptors (Lipinski definition) is 4. The van der Waals surface area contributed by atoms with E-state index >= 15 is 0 Å². The first-order valence-corrected chi connectivity index (χ1v) is 10.8. The number of carbonyl (C=O) groups excluding carboxylic acids is 1. The fourth-order valence-corrected chi connectivity index (χ4v) is 2.82. The van der Waals surface area contributed by atoms with E-state index in [2.05, 4.69) is 27.6 Å². The summed E-state index contributed by atoms with van der Waals surface area (Å²) in [5.74, 6) is 0.803. The van der Waals surface area contributed by atoms with Crippen LogP contribution in [0.2, 0.25) is 0 Å². The average Bonchev–Trinajstić information content (AvgIpc) is 3.22. The van der Waals surface area contributed by atoms with Gasteiger partial charge < -0.3 is 20.3 Å². The molecule has 0 saturated heterocycles. The molecule has 0 atom stereocenters. The molecule has 0 aliphatic heterocycles. The Morgan fingerprint density at radius 1 is 1.19 bits per heavy atom. The van der Waals surface area contributed by atoms with Gasteiger partial charge in [-0.2, -0.15) is 5.10 Å². The maximum absolute atomic E-state index is 12.1. The van der Waals surface area contributed by atoms with E-state index in [1.54, 1.807) is 18.1 Å². The zero-order valence-corrected chi connectivity index (χ0v) is 22.1. The van der Waals surface area contributed by atoms with Crippen LogP contribution in [0.3, 0.4) is 0 Å². The minimum absolute atomic E-state index is 0. The van der Waals surface area contributed by atoms with Crippen molar-refractivity contribution < 1.29 is 9.53 Å². The highest BCUT2D eigenvalue weighted by molar-refractivity contribution is 14.0. The zero-order chi connectivity index (χ0) is 22.7. The van der Waals surface area contributed by atoms with Crippen molar-refractivity contribution in [3.63, 3.8) is 0 Å². The number of rotatable bonds is 9. The highest BCUT2D eigenvalue weighted by Crippen LogP contribution is 2.12. The predicted octanol–water partition coefficient (Wildman–Crippen LogP) is 4.01. The van der Waals surface area contributed by atoms with Crippen molar-refractivity contribution in [1.82, 2.24) is 25.3 Å². The third kappa shape index (κ3) is 10.8. The fourth-order valence-electron chi connectivity index (χ4n) is 2.82. The molecule has 1 amide bonds. The van der Waals surface area contributed by atoms with Gasteiger partial charge in [0, 0.05) is 45.6 Å². The second kappa shape index (κ2) is 14.0. The quantitative estimate of drug-likeness (QED) is 0.211. The van der Waals surface area contributed by atoms with Crippen LogP contribution in [-0.2, 0) is 24.4 Å². The van der Waals surface area contributed by atoms with Crippen molar-refractivity contribution >= 4 is 36.0 Å². The van der Waals surface area contributed by atoms with Gasteiger partial charge in [0.1, 0.15) is 5.60 Å². The molecule has 0 saturated carbocycles. The minimum atomic E-state index is -0.495. The topological polar surface area (TPSA) is 83.8 Å². The van der Waals surface area contributed by atoms with Crippen LogP contribution in [0.25, 0.3) is 0 Å². The van der Waals surface area contributed by atoms with Gasteiger partial charge in [-0.15, -0.1) is 24.0 Å². The van der Waals surface area contributed by atoms with E-state index in [0.717, 1.165) is 43.1 Å². The Morgan fingerprint density at radius 3 is 2.47 bits per heavy atom. The Balaban J connectivity index is 0.00000512. The normalized spacial score (nSPS) is 11.5. The van der Waals surface area contributed by atoms with E-state index < -0.39 is 5.60 Å². The largest absolute Gasteiger partial charge is 0.444 e. The van der Waals surface area contributed by atoms with Crippen LogP contribution in [0.1, 0.15) is 45.2 Å². The minimum Gasteiger partial charge on any atom is -0.444 e. The van der Waals surface area contributed by atoms with E-state index in [-0.39, 0.29) is 30.1 Å². The number of guanidine groups is 1. The predicted molar refractivity (Wildman–Crippen MR) is 139 cm³/mol. The monoisotopic (exact) mass is 556 g/mol. The molecule has 0 spiro atoms. The van der Waals surface area contributed by atoms with Crippen molar-refractivity contribution in [2.45, 2.75) is 59.4 Å². The second-order valence-electron chi connectivity index (χ2n) is 8.40. The molecule has 1 heterocycles. The Labute approximate surface area is 208 Å². The lowest BCUT2D eigenvalue weighted by Gasteiger charge is -2.24. The standard InChI is InChI=1S/C23H36N6O2.HI/c1-6-24-21(25-13-7-15-29-16-8-14-27-29)26-17-19-9-11-20(12-10-19)18-28(5)22(30)31-23(2,3)4;/h8-12,14,16H,6-7,13,15,17-18H2,1-5H3,(H2,24,25,26);1H. The molecule has 1 aromatic heterocycles. The van der Waals surface area contributed by atoms with Crippen LogP contribution in [0.4, 0.5) is 4.79 Å². The summed E-state index contributed by atoms with van der Waals surface area (Å²) in [5.41, 5.74) is 1.66. The number of amides is 1. The van der Waals surface area contributed by atoms with Gasteiger partial charge in [0.05, 0.1) is 6.54 Å². The number of aliphatic imine (C=N–C) groups is 1. The van der Waals surface area contributed by atoms with Gasteiger partial charge in [-0.1, -0.05) is 24.3 Å². The fraction of sp³-hybridized carbons (Fsp3) is 0.522. The number of hydrogen-bond donors (Lipinski definition) is 2. The van der Waals surface area contributed by atoms with Gasteiger partial charge in [-0.05, 0) is 51.3 Å². The first-order valence-electron chi connectivity index (χ1n) is 10.8. The molecule has 32 heavy (non-hydrogen) atoms. The lowest BCUT2D eigenvalue weighted by Crippen LogP contribution is -2.38. The number of aryl methyl sites for hydroxylation is 1. The number of carbonyl (C=O) groups is 1. The van der Waals surface area contributed by atoms with Gasteiger partial charge >= 0.3 is 6.09 Å². The first kappa shape index (κ1) is 27.7. The molecule has 0 unspecified atom stereocenters. The molecule has 0 radical (unpaired) electrons. The van der Waals surface area contributed by atoms with E-state index in [9.17, 15) is 4.79 Å². The summed E-state index contributed by atoms with van der Waals surface area (Å²) in [6.45, 7) is 11.2. The molecule has 0 bridgehead atoms. The molecular weight excluding hydrogens is 519 g/mol. The van der Waals surface area contributed by atoms with Gasteiger partial charge in [-0.3, -0.25) is 4.68 Å². The number of nitrogens with one attached hydrogen (secondary N) is 2. The molecule has 0 fully saturated rings. The number of ether oxygens (including phenoxy) is 1. The summed E-state index contributed by atoms with van der Waals surface area (Å²) in [7, 11) is 1.74. The van der Waals surface area contributed by atoms with Gasteiger partial charge in [0.2, 0.25) is 0 Å². The smallest absolute Gasteiger partial charge is 0.410 e. The molecule has 178 valence electrons. The van der Waals surface area contributed by atoms with E-state index in [4.69, 9.17) is 4.74 Å². The van der Waals surface area contributed by atoms with Gasteiger partial charge in [-0.25, -0.2) is 9.79 Å².